The fourth-order valence-electron chi connectivity index (χ4n) is 3.75. The highest BCUT2D eigenvalue weighted by atomic mass is 32.2. The molecule has 6 nitrogen and oxygen atoms in total. The summed E-state index contributed by atoms with van der Waals surface area (Å²) in [6.07, 6.45) is 5.74. The number of benzene rings is 2. The van der Waals surface area contributed by atoms with Crippen molar-refractivity contribution in [2.75, 3.05) is 6.54 Å². The first kappa shape index (κ1) is 19.8. The lowest BCUT2D eigenvalue weighted by Gasteiger charge is -2.20. The van der Waals surface area contributed by atoms with E-state index in [-0.39, 0.29) is 11.1 Å². The Balaban J connectivity index is 1.68. The average molecular weight is 411 g/mol. The second kappa shape index (κ2) is 8.49. The first-order chi connectivity index (χ1) is 14.0. The standard InChI is InChI=1S/C22H26N4O2S/c1-26-15-22(24-16-26)29(27,28)25-21(12-17-6-3-2-4-7-17)19-10-9-18-8-5-11-23-14-20(18)13-19/h2-4,6-7,9-10,13,15-16,21,23,25H,5,8,11-12,14H2,1H3. The molecule has 1 aliphatic rings. The molecule has 0 bridgehead atoms. The minimum Gasteiger partial charge on any atom is -0.339 e. The Bertz CT molecular complexity index is 1080. The molecule has 0 radical (unpaired) electrons. The average Bonchev–Trinajstić information content (AvgIpc) is 3.03. The van der Waals surface area contributed by atoms with Gasteiger partial charge in [0.1, 0.15) is 0 Å². The molecule has 1 aromatic heterocycles. The van der Waals surface area contributed by atoms with Crippen molar-refractivity contribution in [1.82, 2.24) is 19.6 Å². The van der Waals surface area contributed by atoms with Crippen LogP contribution in [0.1, 0.15) is 34.7 Å². The summed E-state index contributed by atoms with van der Waals surface area (Å²) in [6.45, 7) is 1.82. The zero-order valence-electron chi connectivity index (χ0n) is 16.5. The predicted molar refractivity (Wildman–Crippen MR) is 113 cm³/mol. The van der Waals surface area contributed by atoms with E-state index in [1.807, 2.05) is 30.3 Å². The van der Waals surface area contributed by atoms with Crippen molar-refractivity contribution in [1.29, 1.82) is 0 Å². The van der Waals surface area contributed by atoms with Gasteiger partial charge in [0.15, 0.2) is 5.03 Å². The van der Waals surface area contributed by atoms with E-state index in [4.69, 9.17) is 0 Å². The third-order valence-corrected chi connectivity index (χ3v) is 6.64. The van der Waals surface area contributed by atoms with Crippen molar-refractivity contribution in [3.05, 3.63) is 83.3 Å². The molecule has 4 rings (SSSR count). The maximum absolute atomic E-state index is 13.0. The molecule has 0 amide bonds. The van der Waals surface area contributed by atoms with Crippen molar-refractivity contribution in [3.8, 4) is 0 Å². The van der Waals surface area contributed by atoms with Gasteiger partial charge in [-0.25, -0.2) is 18.1 Å². The van der Waals surface area contributed by atoms with Crippen LogP contribution >= 0.6 is 0 Å². The predicted octanol–water partition coefficient (Wildman–Crippen LogP) is 2.72. The minimum absolute atomic E-state index is 0.0366. The smallest absolute Gasteiger partial charge is 0.260 e. The molecule has 2 N–H and O–H groups in total. The van der Waals surface area contributed by atoms with Crippen LogP contribution in [0.3, 0.4) is 0 Å². The lowest BCUT2D eigenvalue weighted by Crippen LogP contribution is -2.30. The second-order valence-corrected chi connectivity index (χ2v) is 9.21. The highest BCUT2D eigenvalue weighted by molar-refractivity contribution is 7.89. The van der Waals surface area contributed by atoms with Crippen LogP contribution in [-0.2, 0) is 36.5 Å². The van der Waals surface area contributed by atoms with E-state index in [0.29, 0.717) is 6.42 Å². The summed E-state index contributed by atoms with van der Waals surface area (Å²) >= 11 is 0. The van der Waals surface area contributed by atoms with Crippen molar-refractivity contribution >= 4 is 10.0 Å². The number of aromatic nitrogens is 2. The topological polar surface area (TPSA) is 76.0 Å². The SMILES string of the molecule is Cn1cnc(S(=O)(=O)NC(Cc2ccccc2)c2ccc3c(c2)CNCCC3)c1. The second-order valence-electron chi connectivity index (χ2n) is 7.55. The van der Waals surface area contributed by atoms with Gasteiger partial charge in [-0.3, -0.25) is 0 Å². The quantitative estimate of drug-likeness (QED) is 0.655. The number of rotatable bonds is 6. The Kier molecular flexibility index (Phi) is 5.80. The number of hydrogen-bond donors (Lipinski definition) is 2. The van der Waals surface area contributed by atoms with Gasteiger partial charge >= 0.3 is 0 Å². The van der Waals surface area contributed by atoms with E-state index in [0.717, 1.165) is 37.1 Å². The molecule has 2 aromatic carbocycles. The molecule has 152 valence electrons. The molecule has 1 aliphatic heterocycles. The summed E-state index contributed by atoms with van der Waals surface area (Å²) < 4.78 is 30.4. The molecule has 0 saturated heterocycles. The monoisotopic (exact) mass is 410 g/mol. The summed E-state index contributed by atoms with van der Waals surface area (Å²) in [5.74, 6) is 0. The van der Waals surface area contributed by atoms with Crippen LogP contribution in [-0.4, -0.2) is 24.5 Å². The number of fused-ring (bicyclic) bond motifs is 1. The molecule has 29 heavy (non-hydrogen) atoms. The Labute approximate surface area is 172 Å². The van der Waals surface area contributed by atoms with Crippen molar-refractivity contribution in [2.24, 2.45) is 7.05 Å². The van der Waals surface area contributed by atoms with Gasteiger partial charge < -0.3 is 9.88 Å². The van der Waals surface area contributed by atoms with Crippen molar-refractivity contribution in [3.63, 3.8) is 0 Å². The summed E-state index contributed by atoms with van der Waals surface area (Å²) in [5, 5.41) is 3.48. The molecular formula is C22H26N4O2S. The zero-order chi connectivity index (χ0) is 20.3. The van der Waals surface area contributed by atoms with Crippen LogP contribution in [0, 0.1) is 0 Å². The van der Waals surface area contributed by atoms with Crippen LogP contribution in [0.2, 0.25) is 0 Å². The lowest BCUT2D eigenvalue weighted by molar-refractivity contribution is 0.551. The molecule has 0 spiro atoms. The maximum Gasteiger partial charge on any atom is 0.260 e. The molecular weight excluding hydrogens is 384 g/mol. The van der Waals surface area contributed by atoms with E-state index in [1.165, 1.54) is 23.7 Å². The fraction of sp³-hybridized carbons (Fsp3) is 0.318. The van der Waals surface area contributed by atoms with Gasteiger partial charge in [-0.05, 0) is 48.1 Å². The largest absolute Gasteiger partial charge is 0.339 e. The number of nitrogens with one attached hydrogen (secondary N) is 2. The maximum atomic E-state index is 13.0. The highest BCUT2D eigenvalue weighted by Gasteiger charge is 2.24. The number of nitrogens with zero attached hydrogens (tertiary/aromatic N) is 2. The van der Waals surface area contributed by atoms with Crippen LogP contribution < -0.4 is 10.0 Å². The van der Waals surface area contributed by atoms with Crippen LogP contribution in [0.25, 0.3) is 0 Å². The Hall–Kier alpha value is -2.48. The molecule has 3 aromatic rings. The van der Waals surface area contributed by atoms with E-state index < -0.39 is 10.0 Å². The number of aryl methyl sites for hydroxylation is 2. The first-order valence-corrected chi connectivity index (χ1v) is 11.4. The van der Waals surface area contributed by atoms with Gasteiger partial charge in [-0.2, -0.15) is 0 Å². The first-order valence-electron chi connectivity index (χ1n) is 9.88. The molecule has 7 heteroatoms. The molecule has 2 heterocycles. The third kappa shape index (κ3) is 4.75. The minimum atomic E-state index is -3.73. The fourth-order valence-corrected chi connectivity index (χ4v) is 4.96. The normalized spacial score (nSPS) is 15.5. The van der Waals surface area contributed by atoms with Crippen LogP contribution in [0.4, 0.5) is 0 Å². The van der Waals surface area contributed by atoms with Gasteiger partial charge in [0, 0.05) is 19.8 Å². The molecule has 0 aliphatic carbocycles. The zero-order valence-corrected chi connectivity index (χ0v) is 17.3. The Morgan fingerprint density at radius 2 is 2.00 bits per heavy atom. The van der Waals surface area contributed by atoms with E-state index >= 15 is 0 Å². The van der Waals surface area contributed by atoms with Crippen LogP contribution in [0.15, 0.2) is 66.1 Å². The van der Waals surface area contributed by atoms with Gasteiger partial charge in [0.05, 0.1) is 12.4 Å². The molecule has 0 fully saturated rings. The summed E-state index contributed by atoms with van der Waals surface area (Å²) in [7, 11) is -1.98. The number of sulfonamides is 1. The summed E-state index contributed by atoms with van der Waals surface area (Å²) in [4.78, 5) is 4.03. The van der Waals surface area contributed by atoms with E-state index in [9.17, 15) is 8.42 Å². The summed E-state index contributed by atoms with van der Waals surface area (Å²) in [5.41, 5.74) is 4.63. The van der Waals surface area contributed by atoms with Crippen molar-refractivity contribution < 1.29 is 8.42 Å². The third-order valence-electron chi connectivity index (χ3n) is 5.28. The number of imidazole rings is 1. The van der Waals surface area contributed by atoms with Crippen molar-refractivity contribution in [2.45, 2.75) is 36.9 Å². The highest BCUT2D eigenvalue weighted by Crippen LogP contribution is 2.25. The van der Waals surface area contributed by atoms with E-state index in [1.54, 1.807) is 11.6 Å². The van der Waals surface area contributed by atoms with E-state index in [2.05, 4.69) is 33.2 Å². The number of hydrogen-bond acceptors (Lipinski definition) is 4. The van der Waals surface area contributed by atoms with Gasteiger partial charge in [0.2, 0.25) is 0 Å². The van der Waals surface area contributed by atoms with Gasteiger partial charge in [-0.1, -0.05) is 48.5 Å². The van der Waals surface area contributed by atoms with Crippen LogP contribution in [0.5, 0.6) is 0 Å². The lowest BCUT2D eigenvalue weighted by atomic mass is 9.95. The Morgan fingerprint density at radius 1 is 1.17 bits per heavy atom. The molecule has 1 unspecified atom stereocenters. The summed E-state index contributed by atoms with van der Waals surface area (Å²) in [6, 6.07) is 15.9. The van der Waals surface area contributed by atoms with Gasteiger partial charge in [-0.15, -0.1) is 0 Å². The molecule has 0 saturated carbocycles. The van der Waals surface area contributed by atoms with Gasteiger partial charge in [0.25, 0.3) is 10.0 Å². The Morgan fingerprint density at radius 3 is 2.76 bits per heavy atom. The molecule has 1 atom stereocenters.